The Bertz CT molecular complexity index is 911. The monoisotopic (exact) mass is 370 g/mol. The van der Waals surface area contributed by atoms with Gasteiger partial charge in [-0.1, -0.05) is 29.8 Å². The van der Waals surface area contributed by atoms with E-state index in [-0.39, 0.29) is 17.6 Å². The summed E-state index contributed by atoms with van der Waals surface area (Å²) in [5.74, 6) is -0.292. The molecular formula is C18H15ClN4O3. The lowest BCUT2D eigenvalue weighted by molar-refractivity contribution is -0.384. The summed E-state index contributed by atoms with van der Waals surface area (Å²) < 4.78 is 0. The molecule has 0 unspecified atom stereocenters. The lowest BCUT2D eigenvalue weighted by Gasteiger charge is -2.12. The molecule has 3 rings (SSSR count). The summed E-state index contributed by atoms with van der Waals surface area (Å²) in [7, 11) is 0. The van der Waals surface area contributed by atoms with Gasteiger partial charge in [0, 0.05) is 36.0 Å². The quantitative estimate of drug-likeness (QED) is 0.488. The van der Waals surface area contributed by atoms with Crippen LogP contribution >= 0.6 is 11.6 Å². The van der Waals surface area contributed by atoms with Crippen molar-refractivity contribution in [3.05, 3.63) is 69.2 Å². The number of hydrogen-bond donors (Lipinski definition) is 2. The number of nitro benzene ring substituents is 1. The fourth-order valence-corrected chi connectivity index (χ4v) is 2.63. The number of non-ortho nitro benzene ring substituents is 1. The van der Waals surface area contributed by atoms with Crippen LogP contribution in [-0.2, 0) is 4.79 Å². The normalized spacial score (nSPS) is 15.8. The Labute approximate surface area is 154 Å². The van der Waals surface area contributed by atoms with Gasteiger partial charge in [0.1, 0.15) is 0 Å². The Morgan fingerprint density at radius 3 is 2.92 bits per heavy atom. The number of fused-ring (bicyclic) bond motifs is 1. The molecule has 2 aromatic rings. The largest absolute Gasteiger partial charge is 0.381 e. The molecule has 2 aromatic carbocycles. The average molecular weight is 371 g/mol. The fourth-order valence-electron chi connectivity index (χ4n) is 2.43. The van der Waals surface area contributed by atoms with E-state index in [0.29, 0.717) is 22.9 Å². The molecule has 0 spiro atoms. The summed E-state index contributed by atoms with van der Waals surface area (Å²) in [5.41, 5.74) is 1.87. The van der Waals surface area contributed by atoms with Gasteiger partial charge < -0.3 is 10.6 Å². The zero-order valence-electron chi connectivity index (χ0n) is 13.6. The zero-order valence-corrected chi connectivity index (χ0v) is 14.3. The number of nitrogens with zero attached hydrogens (tertiary/aromatic N) is 2. The number of carbonyl (C=O) groups excluding carboxylic acids is 1. The van der Waals surface area contributed by atoms with Crippen LogP contribution < -0.4 is 10.6 Å². The second kappa shape index (κ2) is 7.79. The Hall–Kier alpha value is -3.19. The van der Waals surface area contributed by atoms with Crippen LogP contribution in [0.3, 0.4) is 0 Å². The average Bonchev–Trinajstić information content (AvgIpc) is 2.83. The summed E-state index contributed by atoms with van der Waals surface area (Å²) in [4.78, 5) is 26.8. The van der Waals surface area contributed by atoms with Crippen LogP contribution in [0, 0.1) is 10.1 Å². The van der Waals surface area contributed by atoms with Crippen molar-refractivity contribution in [1.29, 1.82) is 0 Å². The van der Waals surface area contributed by atoms with Crippen molar-refractivity contribution < 1.29 is 9.72 Å². The highest BCUT2D eigenvalue weighted by molar-refractivity contribution is 6.32. The topological polar surface area (TPSA) is 96.6 Å². The van der Waals surface area contributed by atoms with Crippen LogP contribution in [0.4, 0.5) is 17.1 Å². The number of halogens is 1. The van der Waals surface area contributed by atoms with Gasteiger partial charge >= 0.3 is 0 Å². The Balaban J connectivity index is 1.64. The maximum atomic E-state index is 12.1. The van der Waals surface area contributed by atoms with Gasteiger partial charge in [-0.15, -0.1) is 0 Å². The van der Waals surface area contributed by atoms with E-state index >= 15 is 0 Å². The van der Waals surface area contributed by atoms with Gasteiger partial charge in [0.25, 0.3) is 5.69 Å². The van der Waals surface area contributed by atoms with Gasteiger partial charge in [-0.05, 0) is 23.8 Å². The highest BCUT2D eigenvalue weighted by atomic mass is 35.5. The molecule has 7 nitrogen and oxygen atoms in total. The van der Waals surface area contributed by atoms with E-state index < -0.39 is 4.92 Å². The fraction of sp³-hybridized carbons (Fsp3) is 0.111. The number of carbonyl (C=O) groups is 1. The third kappa shape index (κ3) is 4.25. The van der Waals surface area contributed by atoms with Crippen LogP contribution in [-0.4, -0.2) is 29.6 Å². The first-order valence-electron chi connectivity index (χ1n) is 7.82. The Morgan fingerprint density at radius 2 is 2.15 bits per heavy atom. The molecule has 0 saturated heterocycles. The number of rotatable bonds is 4. The van der Waals surface area contributed by atoms with Gasteiger partial charge in [0.15, 0.2) is 0 Å². The van der Waals surface area contributed by atoms with Crippen molar-refractivity contribution in [2.75, 3.05) is 11.9 Å². The smallest absolute Gasteiger partial charge is 0.271 e. The molecule has 132 valence electrons. The molecule has 0 radical (unpaired) electrons. The minimum absolute atomic E-state index is 0.0170. The van der Waals surface area contributed by atoms with Crippen molar-refractivity contribution in [3.8, 4) is 0 Å². The number of benzene rings is 2. The summed E-state index contributed by atoms with van der Waals surface area (Å²) in [6.45, 7) is 0.364. The van der Waals surface area contributed by atoms with Crippen molar-refractivity contribution in [2.24, 2.45) is 4.99 Å². The third-order valence-corrected chi connectivity index (χ3v) is 4.09. The van der Waals surface area contributed by atoms with Crippen molar-refractivity contribution in [2.45, 2.75) is 6.04 Å². The first kappa shape index (κ1) is 17.6. The van der Waals surface area contributed by atoms with Crippen molar-refractivity contribution in [1.82, 2.24) is 5.32 Å². The van der Waals surface area contributed by atoms with E-state index in [2.05, 4.69) is 15.6 Å². The highest BCUT2D eigenvalue weighted by Gasteiger charge is 2.16. The molecule has 1 amide bonds. The molecule has 1 atom stereocenters. The van der Waals surface area contributed by atoms with Crippen LogP contribution in [0.1, 0.15) is 5.56 Å². The molecule has 8 heteroatoms. The van der Waals surface area contributed by atoms with E-state index in [1.807, 2.05) is 18.2 Å². The number of nitrogens with one attached hydrogen (secondary N) is 2. The lowest BCUT2D eigenvalue weighted by Crippen LogP contribution is -2.39. The summed E-state index contributed by atoms with van der Waals surface area (Å²) in [6, 6.07) is 11.2. The van der Waals surface area contributed by atoms with Crippen LogP contribution in [0.2, 0.25) is 5.02 Å². The number of amides is 1. The molecule has 26 heavy (non-hydrogen) atoms. The van der Waals surface area contributed by atoms with E-state index in [9.17, 15) is 14.9 Å². The number of nitro groups is 1. The maximum Gasteiger partial charge on any atom is 0.271 e. The van der Waals surface area contributed by atoms with Gasteiger partial charge in [-0.3, -0.25) is 19.9 Å². The molecule has 0 aromatic heterocycles. The SMILES string of the molecule is O=C(/C=C/c1ccccc1Cl)N[C@H]1C=Nc2ccc([N+](=O)[O-])cc2NC1. The third-order valence-electron chi connectivity index (χ3n) is 3.74. The number of anilines is 1. The van der Waals surface area contributed by atoms with Crippen molar-refractivity contribution >= 4 is 46.9 Å². The second-order valence-corrected chi connectivity index (χ2v) is 5.99. The summed E-state index contributed by atoms with van der Waals surface area (Å²) >= 11 is 6.05. The molecule has 0 saturated carbocycles. The van der Waals surface area contributed by atoms with E-state index in [1.165, 1.54) is 18.2 Å². The Morgan fingerprint density at radius 1 is 1.35 bits per heavy atom. The predicted octanol–water partition coefficient (Wildman–Crippen LogP) is 3.57. The van der Waals surface area contributed by atoms with E-state index in [0.717, 1.165) is 5.56 Å². The van der Waals surface area contributed by atoms with E-state index in [4.69, 9.17) is 11.6 Å². The van der Waals surface area contributed by atoms with Gasteiger partial charge in [-0.25, -0.2) is 0 Å². The molecule has 0 aliphatic carbocycles. The maximum absolute atomic E-state index is 12.1. The van der Waals surface area contributed by atoms with Gasteiger partial charge in [0.2, 0.25) is 5.91 Å². The minimum Gasteiger partial charge on any atom is -0.381 e. The highest BCUT2D eigenvalue weighted by Crippen LogP contribution is 2.30. The lowest BCUT2D eigenvalue weighted by atomic mass is 10.2. The first-order valence-corrected chi connectivity index (χ1v) is 8.20. The molecule has 1 aliphatic rings. The summed E-state index contributed by atoms with van der Waals surface area (Å²) in [6.07, 6.45) is 4.64. The van der Waals surface area contributed by atoms with Gasteiger partial charge in [-0.2, -0.15) is 0 Å². The molecule has 1 heterocycles. The molecule has 0 fully saturated rings. The van der Waals surface area contributed by atoms with Crippen molar-refractivity contribution in [3.63, 3.8) is 0 Å². The zero-order chi connectivity index (χ0) is 18.5. The van der Waals surface area contributed by atoms with Crippen LogP contribution in [0.15, 0.2) is 53.5 Å². The first-order chi connectivity index (χ1) is 12.5. The number of hydrogen-bond acceptors (Lipinski definition) is 5. The van der Waals surface area contributed by atoms with Crippen LogP contribution in [0.25, 0.3) is 6.08 Å². The van der Waals surface area contributed by atoms with Crippen LogP contribution in [0.5, 0.6) is 0 Å². The second-order valence-electron chi connectivity index (χ2n) is 5.59. The molecular weight excluding hydrogens is 356 g/mol. The number of aliphatic imine (C=N–C) groups is 1. The molecule has 1 aliphatic heterocycles. The summed E-state index contributed by atoms with van der Waals surface area (Å²) in [5, 5.41) is 17.3. The van der Waals surface area contributed by atoms with Gasteiger partial charge in [0.05, 0.1) is 22.3 Å². The Kier molecular flexibility index (Phi) is 5.28. The molecule has 0 bridgehead atoms. The van der Waals surface area contributed by atoms with E-state index in [1.54, 1.807) is 24.4 Å². The predicted molar refractivity (Wildman–Crippen MR) is 102 cm³/mol. The standard InChI is InChI=1S/C18H15ClN4O3/c19-15-4-2-1-3-12(15)5-8-18(24)22-13-10-20-16-7-6-14(23(25)26)9-17(16)21-11-13/h1-10,13,21H,11H2,(H,22,24)/b8-5+/t13-/m0/s1. The minimum atomic E-state index is -0.463. The molecule has 2 N–H and O–H groups in total.